The van der Waals surface area contributed by atoms with Crippen molar-refractivity contribution in [1.29, 1.82) is 0 Å². The molecule has 1 aliphatic rings. The van der Waals surface area contributed by atoms with Gasteiger partial charge in [0.25, 0.3) is 0 Å². The molecule has 0 unspecified atom stereocenters. The smallest absolute Gasteiger partial charge is 0.250 e. The van der Waals surface area contributed by atoms with Gasteiger partial charge in [-0.2, -0.15) is 0 Å². The number of amides is 1. The molecule has 4 rings (SSSR count). The Balaban J connectivity index is 1.49. The highest BCUT2D eigenvalue weighted by Gasteiger charge is 2.13. The van der Waals surface area contributed by atoms with Crippen LogP contribution < -0.4 is 14.8 Å². The third-order valence-corrected chi connectivity index (χ3v) is 5.24. The van der Waals surface area contributed by atoms with Crippen LogP contribution in [0.4, 0.5) is 5.13 Å². The molecular weight excluding hydrogens is 383 g/mol. The number of rotatable bonds is 3. The fourth-order valence-corrected chi connectivity index (χ4v) is 3.62. The topological polar surface area (TPSA) is 60.5 Å². The first-order chi connectivity index (χ1) is 12.1. The lowest BCUT2D eigenvalue weighted by Gasteiger charge is -1.98. The van der Waals surface area contributed by atoms with E-state index >= 15 is 0 Å². The van der Waals surface area contributed by atoms with Gasteiger partial charge in [0.05, 0.1) is 14.7 Å². The van der Waals surface area contributed by atoms with Gasteiger partial charge in [-0.05, 0) is 35.9 Å². The van der Waals surface area contributed by atoms with E-state index in [1.807, 2.05) is 18.2 Å². The number of carbonyl (C=O) groups is 1. The van der Waals surface area contributed by atoms with Crippen molar-refractivity contribution < 1.29 is 14.3 Å². The lowest BCUT2D eigenvalue weighted by Crippen LogP contribution is -2.07. The van der Waals surface area contributed by atoms with Crippen LogP contribution in [0.25, 0.3) is 16.3 Å². The van der Waals surface area contributed by atoms with Crippen molar-refractivity contribution in [3.63, 3.8) is 0 Å². The fourth-order valence-electron chi connectivity index (χ4n) is 2.33. The zero-order chi connectivity index (χ0) is 17.4. The fraction of sp³-hybridized carbons (Fsp3) is 0.0588. The maximum absolute atomic E-state index is 12.1. The van der Waals surface area contributed by atoms with Crippen LogP contribution in [0.15, 0.2) is 36.4 Å². The number of thiazole rings is 1. The number of anilines is 1. The second kappa shape index (κ2) is 6.55. The van der Waals surface area contributed by atoms with E-state index in [0.29, 0.717) is 32.2 Å². The summed E-state index contributed by atoms with van der Waals surface area (Å²) in [5, 5.41) is 3.99. The quantitative estimate of drug-likeness (QED) is 0.638. The minimum absolute atomic E-state index is 0.215. The second-order valence-corrected chi connectivity index (χ2v) is 6.98. The van der Waals surface area contributed by atoms with Crippen molar-refractivity contribution in [3.05, 3.63) is 52.0 Å². The van der Waals surface area contributed by atoms with E-state index in [1.165, 1.54) is 17.4 Å². The predicted molar refractivity (Wildman–Crippen MR) is 99.9 cm³/mol. The summed E-state index contributed by atoms with van der Waals surface area (Å²) in [7, 11) is 0. The number of hydrogen-bond donors (Lipinski definition) is 1. The summed E-state index contributed by atoms with van der Waals surface area (Å²) in [5.74, 6) is 1.07. The molecule has 0 atom stereocenters. The average Bonchev–Trinajstić information content (AvgIpc) is 3.22. The monoisotopic (exact) mass is 392 g/mol. The van der Waals surface area contributed by atoms with Crippen molar-refractivity contribution in [2.45, 2.75) is 0 Å². The molecule has 8 heteroatoms. The van der Waals surface area contributed by atoms with Crippen molar-refractivity contribution in [3.8, 4) is 11.5 Å². The van der Waals surface area contributed by atoms with Gasteiger partial charge in [0.1, 0.15) is 5.52 Å². The van der Waals surface area contributed by atoms with Gasteiger partial charge < -0.3 is 9.47 Å². The molecule has 0 spiro atoms. The second-order valence-electron chi connectivity index (χ2n) is 5.16. The summed E-state index contributed by atoms with van der Waals surface area (Å²) in [4.78, 5) is 16.4. The van der Waals surface area contributed by atoms with Crippen molar-refractivity contribution in [2.24, 2.45) is 0 Å². The van der Waals surface area contributed by atoms with Crippen LogP contribution in [-0.2, 0) is 4.79 Å². The zero-order valence-electron chi connectivity index (χ0n) is 12.6. The molecule has 0 saturated heterocycles. The summed E-state index contributed by atoms with van der Waals surface area (Å²) in [6, 6.07) is 8.98. The zero-order valence-corrected chi connectivity index (χ0v) is 14.9. The first kappa shape index (κ1) is 16.2. The Morgan fingerprint density at radius 1 is 1.20 bits per heavy atom. The highest BCUT2D eigenvalue weighted by atomic mass is 35.5. The lowest BCUT2D eigenvalue weighted by molar-refractivity contribution is -0.111. The number of hydrogen-bond acceptors (Lipinski definition) is 5. The van der Waals surface area contributed by atoms with E-state index in [-0.39, 0.29) is 12.7 Å². The van der Waals surface area contributed by atoms with Crippen molar-refractivity contribution >= 4 is 61.9 Å². The van der Waals surface area contributed by atoms with Crippen molar-refractivity contribution in [1.82, 2.24) is 4.98 Å². The lowest BCUT2D eigenvalue weighted by atomic mass is 10.2. The average molecular weight is 393 g/mol. The molecule has 0 fully saturated rings. The third kappa shape index (κ3) is 3.28. The number of benzene rings is 2. The van der Waals surface area contributed by atoms with Gasteiger partial charge in [-0.3, -0.25) is 10.1 Å². The molecule has 0 radical (unpaired) electrons. The molecule has 0 bridgehead atoms. The van der Waals surface area contributed by atoms with E-state index in [4.69, 9.17) is 32.7 Å². The van der Waals surface area contributed by atoms with E-state index in [0.717, 1.165) is 10.3 Å². The minimum atomic E-state index is -0.293. The molecule has 1 aromatic heterocycles. The molecule has 1 aliphatic heterocycles. The summed E-state index contributed by atoms with van der Waals surface area (Å²) in [5.41, 5.74) is 1.41. The number of nitrogens with one attached hydrogen (secondary N) is 1. The van der Waals surface area contributed by atoms with Gasteiger partial charge in [-0.1, -0.05) is 40.6 Å². The molecule has 126 valence electrons. The van der Waals surface area contributed by atoms with Crippen LogP contribution >= 0.6 is 34.5 Å². The van der Waals surface area contributed by atoms with Gasteiger partial charge in [0.15, 0.2) is 16.6 Å². The first-order valence-electron chi connectivity index (χ1n) is 7.23. The number of fused-ring (bicyclic) bond motifs is 2. The van der Waals surface area contributed by atoms with E-state index in [2.05, 4.69) is 10.3 Å². The number of halogens is 2. The number of carbonyl (C=O) groups excluding carboxylic acids is 1. The normalized spacial score (nSPS) is 12.9. The molecule has 1 N–H and O–H groups in total. The van der Waals surface area contributed by atoms with Gasteiger partial charge in [0.2, 0.25) is 12.7 Å². The Morgan fingerprint density at radius 2 is 2.04 bits per heavy atom. The van der Waals surface area contributed by atoms with E-state index < -0.39 is 0 Å². The van der Waals surface area contributed by atoms with Gasteiger partial charge >= 0.3 is 0 Å². The molecule has 1 amide bonds. The molecule has 0 aliphatic carbocycles. The van der Waals surface area contributed by atoms with Gasteiger partial charge in [-0.15, -0.1) is 0 Å². The minimum Gasteiger partial charge on any atom is -0.454 e. The summed E-state index contributed by atoms with van der Waals surface area (Å²) in [6.45, 7) is 0.215. The summed E-state index contributed by atoms with van der Waals surface area (Å²) >= 11 is 13.4. The van der Waals surface area contributed by atoms with Crippen LogP contribution in [0.3, 0.4) is 0 Å². The number of aromatic nitrogens is 1. The highest BCUT2D eigenvalue weighted by Crippen LogP contribution is 2.35. The molecular formula is C17H10Cl2N2O3S. The number of ether oxygens (including phenoxy) is 2. The number of nitrogens with zero attached hydrogens (tertiary/aromatic N) is 1. The Hall–Kier alpha value is -2.28. The summed E-state index contributed by atoms with van der Waals surface area (Å²) in [6.07, 6.45) is 3.12. The summed E-state index contributed by atoms with van der Waals surface area (Å²) < 4.78 is 11.4. The largest absolute Gasteiger partial charge is 0.454 e. The SMILES string of the molecule is O=C(/C=C/c1ccc2c(c1)OCO2)Nc1nc2c(Cl)c(Cl)ccc2s1. The standard InChI is InChI=1S/C17H10Cl2N2O3S/c18-10-3-5-13-16(15(10)19)21-17(25-13)20-14(22)6-2-9-1-4-11-12(7-9)24-8-23-11/h1-7H,8H2,(H,20,21,22)/b6-2+. The maximum Gasteiger partial charge on any atom is 0.250 e. The van der Waals surface area contributed by atoms with Crippen molar-refractivity contribution in [2.75, 3.05) is 12.1 Å². The van der Waals surface area contributed by atoms with Crippen LogP contribution in [0.5, 0.6) is 11.5 Å². The predicted octanol–water partition coefficient (Wildman–Crippen LogP) is 4.98. The molecule has 2 heterocycles. The van der Waals surface area contributed by atoms with Crippen LogP contribution in [0, 0.1) is 0 Å². The van der Waals surface area contributed by atoms with Gasteiger partial charge in [-0.25, -0.2) is 4.98 Å². The highest BCUT2D eigenvalue weighted by molar-refractivity contribution is 7.22. The van der Waals surface area contributed by atoms with Gasteiger partial charge in [0, 0.05) is 6.08 Å². The molecule has 25 heavy (non-hydrogen) atoms. The van der Waals surface area contributed by atoms with Crippen LogP contribution in [-0.4, -0.2) is 17.7 Å². The molecule has 2 aromatic carbocycles. The Labute approximate surface area is 156 Å². The molecule has 5 nitrogen and oxygen atoms in total. The van der Waals surface area contributed by atoms with Crippen LogP contribution in [0.1, 0.15) is 5.56 Å². The maximum atomic E-state index is 12.1. The van der Waals surface area contributed by atoms with E-state index in [9.17, 15) is 4.79 Å². The molecule has 3 aromatic rings. The molecule has 0 saturated carbocycles. The Morgan fingerprint density at radius 3 is 2.92 bits per heavy atom. The third-order valence-electron chi connectivity index (χ3n) is 3.51. The Kier molecular flexibility index (Phi) is 4.25. The van der Waals surface area contributed by atoms with E-state index in [1.54, 1.807) is 18.2 Å². The first-order valence-corrected chi connectivity index (χ1v) is 8.80. The Bertz CT molecular complexity index is 1020. The van der Waals surface area contributed by atoms with Crippen LogP contribution in [0.2, 0.25) is 10.0 Å².